The molecule has 0 unspecified atom stereocenters. The SMILES string of the molecule is O=C1COc2ccc(CNC(=O)c3cc(C(=O)N[C@H]4CCCC4=O)n4ncc(F)c4n3)cc2C1. The van der Waals surface area contributed by atoms with Gasteiger partial charge in [0.25, 0.3) is 11.8 Å². The van der Waals surface area contributed by atoms with E-state index < -0.39 is 23.7 Å². The Morgan fingerprint density at radius 3 is 2.85 bits per heavy atom. The Morgan fingerprint density at radius 2 is 2.06 bits per heavy atom. The average Bonchev–Trinajstić information content (AvgIpc) is 3.41. The van der Waals surface area contributed by atoms with Crippen LogP contribution in [0.15, 0.2) is 30.5 Å². The Morgan fingerprint density at radius 1 is 1.21 bits per heavy atom. The maximum atomic E-state index is 14.2. The predicted molar refractivity (Wildman–Crippen MR) is 115 cm³/mol. The van der Waals surface area contributed by atoms with Crippen molar-refractivity contribution < 1.29 is 28.3 Å². The lowest BCUT2D eigenvalue weighted by Gasteiger charge is -2.17. The van der Waals surface area contributed by atoms with Gasteiger partial charge in [-0.1, -0.05) is 6.07 Å². The summed E-state index contributed by atoms with van der Waals surface area (Å²) in [7, 11) is 0. The second-order valence-corrected chi connectivity index (χ2v) is 8.27. The molecule has 2 amide bonds. The van der Waals surface area contributed by atoms with E-state index in [0.29, 0.717) is 25.0 Å². The van der Waals surface area contributed by atoms with E-state index in [1.165, 1.54) is 6.07 Å². The zero-order valence-electron chi connectivity index (χ0n) is 18.0. The Balaban J connectivity index is 1.36. The molecule has 174 valence electrons. The molecule has 1 aliphatic carbocycles. The van der Waals surface area contributed by atoms with Crippen LogP contribution in [0.4, 0.5) is 4.39 Å². The fourth-order valence-electron chi connectivity index (χ4n) is 4.13. The largest absolute Gasteiger partial charge is 0.486 e. The van der Waals surface area contributed by atoms with E-state index in [4.69, 9.17) is 4.74 Å². The van der Waals surface area contributed by atoms with Crippen molar-refractivity contribution in [2.45, 2.75) is 38.3 Å². The number of aromatic nitrogens is 3. The first-order valence-electron chi connectivity index (χ1n) is 10.8. The lowest BCUT2D eigenvalue weighted by Crippen LogP contribution is -2.38. The summed E-state index contributed by atoms with van der Waals surface area (Å²) in [4.78, 5) is 53.2. The molecule has 0 bridgehead atoms. The van der Waals surface area contributed by atoms with Crippen LogP contribution in [-0.4, -0.2) is 50.6 Å². The molecule has 1 saturated carbocycles. The number of fused-ring (bicyclic) bond motifs is 2. The van der Waals surface area contributed by atoms with Crippen molar-refractivity contribution in [3.05, 3.63) is 58.8 Å². The van der Waals surface area contributed by atoms with Gasteiger partial charge in [-0.15, -0.1) is 0 Å². The first-order chi connectivity index (χ1) is 16.4. The number of carbonyl (C=O) groups is 4. The number of ether oxygens (including phenoxy) is 1. The van der Waals surface area contributed by atoms with Crippen LogP contribution in [0.25, 0.3) is 5.65 Å². The van der Waals surface area contributed by atoms with Crippen LogP contribution >= 0.6 is 0 Å². The monoisotopic (exact) mass is 465 g/mol. The number of nitrogens with one attached hydrogen (secondary N) is 2. The lowest BCUT2D eigenvalue weighted by molar-refractivity contribution is -0.121. The molecule has 1 atom stereocenters. The van der Waals surface area contributed by atoms with Crippen molar-refractivity contribution in [2.24, 2.45) is 0 Å². The molecule has 3 aromatic rings. The van der Waals surface area contributed by atoms with Gasteiger partial charge >= 0.3 is 0 Å². The highest BCUT2D eigenvalue weighted by Gasteiger charge is 2.28. The summed E-state index contributed by atoms with van der Waals surface area (Å²) in [6, 6.07) is 5.87. The number of rotatable bonds is 5. The van der Waals surface area contributed by atoms with Gasteiger partial charge in [0.1, 0.15) is 23.7 Å². The van der Waals surface area contributed by atoms with E-state index in [1.54, 1.807) is 18.2 Å². The first-order valence-corrected chi connectivity index (χ1v) is 10.8. The maximum absolute atomic E-state index is 14.2. The summed E-state index contributed by atoms with van der Waals surface area (Å²) in [5, 5.41) is 9.16. The predicted octanol–water partition coefficient (Wildman–Crippen LogP) is 1.15. The highest BCUT2D eigenvalue weighted by atomic mass is 19.1. The second kappa shape index (κ2) is 8.65. The summed E-state index contributed by atoms with van der Waals surface area (Å²) in [5.41, 5.74) is 0.915. The smallest absolute Gasteiger partial charge is 0.270 e. The molecule has 1 aliphatic heterocycles. The van der Waals surface area contributed by atoms with Gasteiger partial charge in [0.05, 0.1) is 12.2 Å². The van der Waals surface area contributed by atoms with Crippen LogP contribution in [0.1, 0.15) is 51.4 Å². The number of carbonyl (C=O) groups excluding carboxylic acids is 4. The van der Waals surface area contributed by atoms with Crippen molar-refractivity contribution in [2.75, 3.05) is 6.61 Å². The van der Waals surface area contributed by atoms with E-state index in [9.17, 15) is 23.6 Å². The summed E-state index contributed by atoms with van der Waals surface area (Å²) < 4.78 is 20.6. The number of hydrogen-bond acceptors (Lipinski definition) is 7. The fourth-order valence-corrected chi connectivity index (χ4v) is 4.13. The molecule has 34 heavy (non-hydrogen) atoms. The maximum Gasteiger partial charge on any atom is 0.270 e. The molecule has 3 heterocycles. The van der Waals surface area contributed by atoms with Gasteiger partial charge in [-0.2, -0.15) is 5.10 Å². The van der Waals surface area contributed by atoms with Gasteiger partial charge in [-0.05, 0) is 30.5 Å². The van der Waals surface area contributed by atoms with E-state index in [1.807, 2.05) is 0 Å². The minimum atomic E-state index is -0.792. The first kappa shape index (κ1) is 21.7. The van der Waals surface area contributed by atoms with Gasteiger partial charge < -0.3 is 15.4 Å². The molecule has 5 rings (SSSR count). The van der Waals surface area contributed by atoms with Gasteiger partial charge in [0.2, 0.25) is 0 Å². The zero-order valence-corrected chi connectivity index (χ0v) is 18.0. The molecule has 0 spiro atoms. The van der Waals surface area contributed by atoms with E-state index in [2.05, 4.69) is 20.7 Å². The third kappa shape index (κ3) is 4.12. The number of hydrogen-bond donors (Lipinski definition) is 2. The lowest BCUT2D eigenvalue weighted by atomic mass is 10.0. The van der Waals surface area contributed by atoms with Crippen LogP contribution in [0, 0.1) is 5.82 Å². The molecule has 2 N–H and O–H groups in total. The van der Waals surface area contributed by atoms with Crippen LogP contribution < -0.4 is 15.4 Å². The molecule has 2 aromatic heterocycles. The average molecular weight is 465 g/mol. The van der Waals surface area contributed by atoms with Gasteiger partial charge in [-0.25, -0.2) is 13.9 Å². The molecule has 0 saturated heterocycles. The Hall–Kier alpha value is -4.15. The second-order valence-electron chi connectivity index (χ2n) is 8.27. The number of nitrogens with zero attached hydrogens (tertiary/aromatic N) is 3. The molecule has 10 nitrogen and oxygen atoms in total. The number of halogens is 1. The highest BCUT2D eigenvalue weighted by molar-refractivity contribution is 6.00. The van der Waals surface area contributed by atoms with Crippen molar-refractivity contribution in [1.82, 2.24) is 25.2 Å². The van der Waals surface area contributed by atoms with Gasteiger partial charge in [0, 0.05) is 31.0 Å². The molecule has 11 heteroatoms. The quantitative estimate of drug-likeness (QED) is 0.578. The number of Topliss-reactive ketones (excluding diaryl/α,β-unsaturated/α-hetero) is 2. The van der Waals surface area contributed by atoms with Crippen LogP contribution in [0.3, 0.4) is 0 Å². The normalized spacial score (nSPS) is 17.4. The van der Waals surface area contributed by atoms with E-state index in [-0.39, 0.29) is 48.2 Å². The third-order valence-electron chi connectivity index (χ3n) is 5.86. The summed E-state index contributed by atoms with van der Waals surface area (Å²) in [6.07, 6.45) is 2.76. The van der Waals surface area contributed by atoms with Crippen LogP contribution in [-0.2, 0) is 22.6 Å². The fraction of sp³-hybridized carbons (Fsp3) is 0.304. The highest BCUT2D eigenvalue weighted by Crippen LogP contribution is 2.24. The Kier molecular flexibility index (Phi) is 5.52. The number of amides is 2. The summed E-state index contributed by atoms with van der Waals surface area (Å²) >= 11 is 0. The minimum absolute atomic E-state index is 0.0286. The van der Waals surface area contributed by atoms with Crippen molar-refractivity contribution >= 4 is 29.0 Å². The zero-order chi connectivity index (χ0) is 23.8. The third-order valence-corrected chi connectivity index (χ3v) is 5.86. The molecular formula is C23H20FN5O5. The summed E-state index contributed by atoms with van der Waals surface area (Å²) in [5.74, 6) is -1.53. The Labute approximate surface area is 192 Å². The molecular weight excluding hydrogens is 445 g/mol. The summed E-state index contributed by atoms with van der Waals surface area (Å²) in [6.45, 7) is 0.167. The van der Waals surface area contributed by atoms with Crippen LogP contribution in [0.5, 0.6) is 5.75 Å². The van der Waals surface area contributed by atoms with E-state index in [0.717, 1.165) is 21.8 Å². The molecule has 2 aliphatic rings. The van der Waals surface area contributed by atoms with E-state index >= 15 is 0 Å². The minimum Gasteiger partial charge on any atom is -0.486 e. The van der Waals surface area contributed by atoms with Crippen molar-refractivity contribution in [1.29, 1.82) is 0 Å². The van der Waals surface area contributed by atoms with Gasteiger partial charge in [-0.3, -0.25) is 19.2 Å². The molecule has 1 fully saturated rings. The molecule has 1 aromatic carbocycles. The van der Waals surface area contributed by atoms with Crippen molar-refractivity contribution in [3.8, 4) is 5.75 Å². The number of ketones is 2. The Bertz CT molecular complexity index is 1350. The molecule has 0 radical (unpaired) electrons. The van der Waals surface area contributed by atoms with Crippen molar-refractivity contribution in [3.63, 3.8) is 0 Å². The standard InChI is InChI=1S/C23H20FN5O5/c24-15-10-26-29-18(23(33)28-16-2-1-3-19(16)31)8-17(27-21(15)29)22(32)25-9-12-4-5-20-13(6-12)7-14(30)11-34-20/h4-6,8,10,16H,1-3,7,9,11H2,(H,25,32)(H,28,33)/t16-/m0/s1. The van der Waals surface area contributed by atoms with Gasteiger partial charge in [0.15, 0.2) is 23.0 Å². The number of benzene rings is 1. The topological polar surface area (TPSA) is 132 Å². The van der Waals surface area contributed by atoms with Crippen LogP contribution in [0.2, 0.25) is 0 Å².